The van der Waals surface area contributed by atoms with Gasteiger partial charge in [-0.1, -0.05) is 27.7 Å². The Kier molecular flexibility index (Phi) is 8.17. The lowest BCUT2D eigenvalue weighted by Gasteiger charge is -2.24. The smallest absolute Gasteiger partial charge is 0.246 e. The van der Waals surface area contributed by atoms with Crippen molar-refractivity contribution in [2.45, 2.75) is 40.5 Å². The number of nitrogens with zero attached hydrogens (tertiary/aromatic N) is 1. The Morgan fingerprint density at radius 1 is 1.24 bits per heavy atom. The Balaban J connectivity index is 4.26. The van der Waals surface area contributed by atoms with Crippen molar-refractivity contribution in [3.8, 4) is 0 Å². The third kappa shape index (κ3) is 7.34. The lowest BCUT2D eigenvalue weighted by Crippen LogP contribution is -2.35. The van der Waals surface area contributed by atoms with Crippen LogP contribution in [0.3, 0.4) is 0 Å². The number of rotatable bonds is 8. The molecule has 17 heavy (non-hydrogen) atoms. The SMILES string of the molecule is CON(CC(C)C)C(=O)CC(CN)CC(C)C. The number of carbonyl (C=O) groups excluding carboxylic acids is 1. The zero-order valence-corrected chi connectivity index (χ0v) is 11.9. The summed E-state index contributed by atoms with van der Waals surface area (Å²) in [5.41, 5.74) is 5.70. The number of hydrogen-bond acceptors (Lipinski definition) is 3. The molecule has 0 fully saturated rings. The van der Waals surface area contributed by atoms with E-state index in [0.717, 1.165) is 6.42 Å². The van der Waals surface area contributed by atoms with Crippen LogP contribution in [0.15, 0.2) is 0 Å². The number of amides is 1. The summed E-state index contributed by atoms with van der Waals surface area (Å²) in [5.74, 6) is 1.27. The Labute approximate surface area is 105 Å². The summed E-state index contributed by atoms with van der Waals surface area (Å²) in [4.78, 5) is 17.1. The predicted molar refractivity (Wildman–Crippen MR) is 70.2 cm³/mol. The maximum absolute atomic E-state index is 12.0. The van der Waals surface area contributed by atoms with E-state index in [4.69, 9.17) is 10.6 Å². The molecule has 0 aliphatic carbocycles. The molecule has 1 amide bonds. The van der Waals surface area contributed by atoms with Crippen molar-refractivity contribution in [3.05, 3.63) is 0 Å². The van der Waals surface area contributed by atoms with Crippen molar-refractivity contribution in [1.82, 2.24) is 5.06 Å². The highest BCUT2D eigenvalue weighted by Gasteiger charge is 2.20. The van der Waals surface area contributed by atoms with E-state index < -0.39 is 0 Å². The normalized spacial score (nSPS) is 13.2. The molecule has 0 aromatic heterocycles. The van der Waals surface area contributed by atoms with Gasteiger partial charge in [-0.25, -0.2) is 5.06 Å². The Morgan fingerprint density at radius 2 is 1.82 bits per heavy atom. The van der Waals surface area contributed by atoms with Gasteiger partial charge in [-0.15, -0.1) is 0 Å². The number of nitrogens with two attached hydrogens (primary N) is 1. The Morgan fingerprint density at radius 3 is 2.18 bits per heavy atom. The molecule has 0 radical (unpaired) electrons. The molecular weight excluding hydrogens is 216 g/mol. The minimum atomic E-state index is 0.0392. The van der Waals surface area contributed by atoms with Crippen LogP contribution in [0, 0.1) is 17.8 Å². The van der Waals surface area contributed by atoms with Crippen molar-refractivity contribution in [1.29, 1.82) is 0 Å². The van der Waals surface area contributed by atoms with Crippen LogP contribution in [0.2, 0.25) is 0 Å². The van der Waals surface area contributed by atoms with E-state index in [2.05, 4.69) is 27.7 Å². The average molecular weight is 244 g/mol. The van der Waals surface area contributed by atoms with Crippen LogP contribution < -0.4 is 5.73 Å². The molecule has 0 rings (SSSR count). The molecule has 0 saturated carbocycles. The van der Waals surface area contributed by atoms with Crippen molar-refractivity contribution in [3.63, 3.8) is 0 Å². The highest BCUT2D eigenvalue weighted by molar-refractivity contribution is 5.75. The van der Waals surface area contributed by atoms with E-state index >= 15 is 0 Å². The fourth-order valence-electron chi connectivity index (χ4n) is 1.89. The van der Waals surface area contributed by atoms with Gasteiger partial charge in [-0.05, 0) is 30.7 Å². The van der Waals surface area contributed by atoms with Gasteiger partial charge < -0.3 is 5.73 Å². The maximum Gasteiger partial charge on any atom is 0.246 e. The largest absolute Gasteiger partial charge is 0.330 e. The van der Waals surface area contributed by atoms with Crippen LogP contribution >= 0.6 is 0 Å². The van der Waals surface area contributed by atoms with Gasteiger partial charge in [0.25, 0.3) is 0 Å². The summed E-state index contributed by atoms with van der Waals surface area (Å²) in [6.45, 7) is 9.61. The number of carbonyl (C=O) groups is 1. The van der Waals surface area contributed by atoms with E-state index in [-0.39, 0.29) is 11.8 Å². The number of hydroxylamine groups is 2. The molecule has 4 nitrogen and oxygen atoms in total. The zero-order valence-electron chi connectivity index (χ0n) is 11.9. The molecule has 1 atom stereocenters. The monoisotopic (exact) mass is 244 g/mol. The van der Waals surface area contributed by atoms with E-state index in [1.165, 1.54) is 5.06 Å². The van der Waals surface area contributed by atoms with E-state index in [1.54, 1.807) is 7.11 Å². The molecule has 0 aliphatic heterocycles. The van der Waals surface area contributed by atoms with Gasteiger partial charge in [0.15, 0.2) is 0 Å². The molecule has 0 aliphatic rings. The average Bonchev–Trinajstić information content (AvgIpc) is 2.23. The van der Waals surface area contributed by atoms with Crippen LogP contribution in [0.25, 0.3) is 0 Å². The van der Waals surface area contributed by atoms with Crippen LogP contribution in [0.4, 0.5) is 0 Å². The third-order valence-corrected chi connectivity index (χ3v) is 2.63. The molecular formula is C13H28N2O2. The van der Waals surface area contributed by atoms with Gasteiger partial charge in [0.1, 0.15) is 0 Å². The van der Waals surface area contributed by atoms with Gasteiger partial charge >= 0.3 is 0 Å². The zero-order chi connectivity index (χ0) is 13.4. The third-order valence-electron chi connectivity index (χ3n) is 2.63. The quantitative estimate of drug-likeness (QED) is 0.665. The Bertz CT molecular complexity index is 217. The molecule has 0 spiro atoms. The molecule has 0 bridgehead atoms. The maximum atomic E-state index is 12.0. The van der Waals surface area contributed by atoms with Crippen LogP contribution in [0.1, 0.15) is 40.5 Å². The fourth-order valence-corrected chi connectivity index (χ4v) is 1.89. The standard InChI is InChI=1S/C13H28N2O2/c1-10(2)6-12(8-14)7-13(16)15(17-5)9-11(3)4/h10-12H,6-9,14H2,1-5H3. The van der Waals surface area contributed by atoms with Crippen molar-refractivity contribution in [2.24, 2.45) is 23.5 Å². The van der Waals surface area contributed by atoms with Crippen LogP contribution in [-0.4, -0.2) is 31.2 Å². The minimum absolute atomic E-state index is 0.0392. The molecule has 102 valence electrons. The highest BCUT2D eigenvalue weighted by atomic mass is 16.7. The van der Waals surface area contributed by atoms with Crippen molar-refractivity contribution < 1.29 is 9.63 Å². The summed E-state index contributed by atoms with van der Waals surface area (Å²) in [7, 11) is 1.54. The first kappa shape index (κ1) is 16.4. The molecule has 4 heteroatoms. The molecule has 0 aromatic rings. The minimum Gasteiger partial charge on any atom is -0.330 e. The summed E-state index contributed by atoms with van der Waals surface area (Å²) >= 11 is 0. The second kappa shape index (κ2) is 8.48. The topological polar surface area (TPSA) is 55.6 Å². The van der Waals surface area contributed by atoms with E-state index in [0.29, 0.717) is 31.3 Å². The fraction of sp³-hybridized carbons (Fsp3) is 0.923. The first-order valence-corrected chi connectivity index (χ1v) is 6.45. The van der Waals surface area contributed by atoms with Crippen molar-refractivity contribution in [2.75, 3.05) is 20.2 Å². The van der Waals surface area contributed by atoms with Gasteiger partial charge in [0, 0.05) is 6.42 Å². The molecule has 0 aromatic carbocycles. The second-order valence-corrected chi connectivity index (χ2v) is 5.47. The van der Waals surface area contributed by atoms with Crippen LogP contribution in [-0.2, 0) is 9.63 Å². The lowest BCUT2D eigenvalue weighted by molar-refractivity contribution is -0.179. The summed E-state index contributed by atoms with van der Waals surface area (Å²) in [5, 5.41) is 1.45. The predicted octanol–water partition coefficient (Wildman–Crippen LogP) is 2.04. The Hall–Kier alpha value is -0.610. The van der Waals surface area contributed by atoms with E-state index in [1.807, 2.05) is 0 Å². The first-order valence-electron chi connectivity index (χ1n) is 6.45. The van der Waals surface area contributed by atoms with Gasteiger partial charge in [0.2, 0.25) is 5.91 Å². The van der Waals surface area contributed by atoms with Gasteiger partial charge in [-0.2, -0.15) is 0 Å². The summed E-state index contributed by atoms with van der Waals surface area (Å²) < 4.78 is 0. The molecule has 0 saturated heterocycles. The van der Waals surface area contributed by atoms with Crippen LogP contribution in [0.5, 0.6) is 0 Å². The summed E-state index contributed by atoms with van der Waals surface area (Å²) in [6, 6.07) is 0. The van der Waals surface area contributed by atoms with Crippen molar-refractivity contribution >= 4 is 5.91 Å². The highest BCUT2D eigenvalue weighted by Crippen LogP contribution is 2.16. The van der Waals surface area contributed by atoms with E-state index in [9.17, 15) is 4.79 Å². The molecule has 1 unspecified atom stereocenters. The first-order chi connectivity index (χ1) is 7.90. The second-order valence-electron chi connectivity index (χ2n) is 5.47. The number of hydrogen-bond donors (Lipinski definition) is 1. The van der Waals surface area contributed by atoms with Gasteiger partial charge in [-0.3, -0.25) is 9.63 Å². The van der Waals surface area contributed by atoms with Gasteiger partial charge in [0.05, 0.1) is 13.7 Å². The summed E-state index contributed by atoms with van der Waals surface area (Å²) in [6.07, 6.45) is 1.47. The molecule has 2 N–H and O–H groups in total. The lowest BCUT2D eigenvalue weighted by atomic mass is 9.94. The molecule has 0 heterocycles.